The van der Waals surface area contributed by atoms with Gasteiger partial charge in [0.15, 0.2) is 0 Å². The SMILES string of the molecule is CC(C)(OC(=O)CSc1ccc(O[SH](=O)=O)cc1)C12CC3CC(CC(C3)C1)C2. The summed E-state index contributed by atoms with van der Waals surface area (Å²) in [6.45, 7) is 4.22. The molecule has 1 aromatic carbocycles. The quantitative estimate of drug-likeness (QED) is 0.401. The van der Waals surface area contributed by atoms with Crippen LogP contribution in [0.25, 0.3) is 0 Å². The van der Waals surface area contributed by atoms with Gasteiger partial charge in [0.25, 0.3) is 11.0 Å². The number of carbonyl (C=O) groups excluding carboxylic acids is 1. The highest BCUT2D eigenvalue weighted by Gasteiger charge is 2.58. The molecule has 0 saturated heterocycles. The van der Waals surface area contributed by atoms with E-state index in [0.29, 0.717) is 0 Å². The average molecular weight is 425 g/mol. The lowest BCUT2D eigenvalue weighted by Gasteiger charge is -2.61. The van der Waals surface area contributed by atoms with Crippen molar-refractivity contribution in [3.8, 4) is 5.75 Å². The zero-order chi connectivity index (χ0) is 19.9. The summed E-state index contributed by atoms with van der Waals surface area (Å²) >= 11 is 1.39. The van der Waals surface area contributed by atoms with Gasteiger partial charge in [0.05, 0.1) is 5.75 Å². The first kappa shape index (κ1) is 20.1. The molecule has 4 fully saturated rings. The van der Waals surface area contributed by atoms with E-state index >= 15 is 0 Å². The molecular weight excluding hydrogens is 396 g/mol. The standard InChI is InChI=1S/C21H28O5S2/c1-20(2,21-10-14-7-15(11-21)9-16(8-14)12-21)25-19(22)13-27-18-5-3-17(4-6-18)26-28(23)24/h3-6,14-16,28H,7-13H2,1-2H3. The molecule has 0 aromatic heterocycles. The molecule has 4 bridgehead atoms. The van der Waals surface area contributed by atoms with Crippen molar-refractivity contribution in [2.24, 2.45) is 23.2 Å². The number of carbonyl (C=O) groups is 1. The first-order chi connectivity index (χ1) is 13.2. The molecule has 154 valence electrons. The van der Waals surface area contributed by atoms with Gasteiger partial charge < -0.3 is 8.92 Å². The number of ether oxygens (including phenoxy) is 1. The summed E-state index contributed by atoms with van der Waals surface area (Å²) in [7, 11) is -2.91. The molecule has 0 heterocycles. The van der Waals surface area contributed by atoms with Gasteiger partial charge in [-0.25, -0.2) is 0 Å². The van der Waals surface area contributed by atoms with Crippen LogP contribution in [0.3, 0.4) is 0 Å². The van der Waals surface area contributed by atoms with Crippen LogP contribution in [0.2, 0.25) is 0 Å². The molecule has 0 amide bonds. The van der Waals surface area contributed by atoms with Gasteiger partial charge in [-0.1, -0.05) is 0 Å². The highest BCUT2D eigenvalue weighted by atomic mass is 32.2. The molecule has 4 aliphatic rings. The Kier molecular flexibility index (Phi) is 5.42. The fourth-order valence-corrected chi connectivity index (χ4v) is 7.06. The highest BCUT2D eigenvalue weighted by Crippen LogP contribution is 2.64. The Hall–Kier alpha value is -1.21. The minimum atomic E-state index is -2.91. The maximum Gasteiger partial charge on any atom is 0.316 e. The molecule has 4 saturated carbocycles. The summed E-state index contributed by atoms with van der Waals surface area (Å²) < 4.78 is 31.8. The third-order valence-electron chi connectivity index (χ3n) is 7.04. The predicted octanol–water partition coefficient (Wildman–Crippen LogP) is 4.22. The molecule has 0 spiro atoms. The van der Waals surface area contributed by atoms with Crippen molar-refractivity contribution in [1.82, 2.24) is 0 Å². The fraction of sp³-hybridized carbons (Fsp3) is 0.667. The second kappa shape index (κ2) is 7.56. The van der Waals surface area contributed by atoms with Crippen molar-refractivity contribution in [1.29, 1.82) is 0 Å². The normalized spacial score (nSPS) is 31.2. The first-order valence-corrected chi connectivity index (χ1v) is 12.1. The monoisotopic (exact) mass is 424 g/mol. The largest absolute Gasteiger partial charge is 0.458 e. The van der Waals surface area contributed by atoms with Crippen molar-refractivity contribution in [2.45, 2.75) is 62.9 Å². The number of thioether (sulfide) groups is 1. The van der Waals surface area contributed by atoms with Crippen LogP contribution in [0.5, 0.6) is 5.75 Å². The molecule has 1 aromatic rings. The van der Waals surface area contributed by atoms with Crippen molar-refractivity contribution < 1.29 is 22.1 Å². The summed E-state index contributed by atoms with van der Waals surface area (Å²) in [5.74, 6) is 2.79. The summed E-state index contributed by atoms with van der Waals surface area (Å²) in [5, 5.41) is 0. The Labute approximate surface area is 172 Å². The molecule has 4 aliphatic carbocycles. The van der Waals surface area contributed by atoms with Gasteiger partial charge in [0.1, 0.15) is 11.4 Å². The van der Waals surface area contributed by atoms with E-state index in [-0.39, 0.29) is 22.9 Å². The molecule has 0 unspecified atom stereocenters. The van der Waals surface area contributed by atoms with Gasteiger partial charge in [-0.2, -0.15) is 8.42 Å². The van der Waals surface area contributed by atoms with E-state index in [0.717, 1.165) is 22.6 Å². The smallest absolute Gasteiger partial charge is 0.316 e. The van der Waals surface area contributed by atoms with E-state index in [9.17, 15) is 13.2 Å². The predicted molar refractivity (Wildman–Crippen MR) is 109 cm³/mol. The maximum absolute atomic E-state index is 12.6. The third kappa shape index (κ3) is 4.06. The number of benzene rings is 1. The van der Waals surface area contributed by atoms with Crippen molar-refractivity contribution in [3.63, 3.8) is 0 Å². The van der Waals surface area contributed by atoms with E-state index in [1.165, 1.54) is 50.3 Å². The van der Waals surface area contributed by atoms with Gasteiger partial charge in [-0.05, 0) is 94.4 Å². The molecule has 5 nitrogen and oxygen atoms in total. The molecule has 28 heavy (non-hydrogen) atoms. The molecule has 0 N–H and O–H groups in total. The second-order valence-electron chi connectivity index (χ2n) is 9.26. The molecule has 0 radical (unpaired) electrons. The lowest BCUT2D eigenvalue weighted by atomic mass is 9.46. The van der Waals surface area contributed by atoms with Crippen LogP contribution in [0, 0.1) is 23.2 Å². The molecule has 7 heteroatoms. The zero-order valence-electron chi connectivity index (χ0n) is 16.4. The van der Waals surface area contributed by atoms with E-state index in [4.69, 9.17) is 4.74 Å². The number of thiol groups is 1. The third-order valence-corrected chi connectivity index (χ3v) is 8.39. The summed E-state index contributed by atoms with van der Waals surface area (Å²) in [6, 6.07) is 6.66. The van der Waals surface area contributed by atoms with E-state index < -0.39 is 16.6 Å². The van der Waals surface area contributed by atoms with Crippen LogP contribution in [0.1, 0.15) is 52.4 Å². The summed E-state index contributed by atoms with van der Waals surface area (Å²) in [5.41, 5.74) is -0.284. The average Bonchev–Trinajstić information content (AvgIpc) is 2.59. The van der Waals surface area contributed by atoms with Gasteiger partial charge in [-0.15, -0.1) is 11.8 Å². The summed E-state index contributed by atoms with van der Waals surface area (Å²) in [6.07, 6.45) is 7.74. The zero-order valence-corrected chi connectivity index (χ0v) is 18.1. The number of hydrogen-bond donors (Lipinski definition) is 1. The lowest BCUT2D eigenvalue weighted by molar-refractivity contribution is -0.196. The Balaban J connectivity index is 1.34. The molecule has 0 aliphatic heterocycles. The van der Waals surface area contributed by atoms with Gasteiger partial charge >= 0.3 is 5.97 Å². The van der Waals surface area contributed by atoms with Crippen LogP contribution < -0.4 is 4.18 Å². The minimum absolute atomic E-state index is 0.149. The Bertz CT molecular complexity index is 769. The number of rotatable bonds is 7. The van der Waals surface area contributed by atoms with Crippen LogP contribution in [0.15, 0.2) is 29.2 Å². The Morgan fingerprint density at radius 3 is 2.11 bits per heavy atom. The van der Waals surface area contributed by atoms with Gasteiger partial charge in [0, 0.05) is 10.3 Å². The fourth-order valence-electron chi connectivity index (χ4n) is 6.10. The molecule has 5 rings (SSSR count). The van der Waals surface area contributed by atoms with Crippen LogP contribution in [0.4, 0.5) is 0 Å². The molecular formula is C21H28O5S2. The molecule has 0 atom stereocenters. The van der Waals surface area contributed by atoms with Crippen LogP contribution in [-0.4, -0.2) is 25.7 Å². The van der Waals surface area contributed by atoms with Crippen molar-refractivity contribution >= 4 is 28.7 Å². The Morgan fingerprint density at radius 1 is 1.07 bits per heavy atom. The van der Waals surface area contributed by atoms with Crippen LogP contribution in [-0.2, 0) is 20.5 Å². The van der Waals surface area contributed by atoms with Crippen LogP contribution >= 0.6 is 11.8 Å². The van der Waals surface area contributed by atoms with Gasteiger partial charge in [-0.3, -0.25) is 4.79 Å². The van der Waals surface area contributed by atoms with E-state index in [1.807, 2.05) is 0 Å². The maximum atomic E-state index is 12.6. The highest BCUT2D eigenvalue weighted by molar-refractivity contribution is 8.00. The second-order valence-corrected chi connectivity index (χ2v) is 10.9. The van der Waals surface area contributed by atoms with Crippen molar-refractivity contribution in [2.75, 3.05) is 5.75 Å². The topological polar surface area (TPSA) is 69.7 Å². The number of hydrogen-bond acceptors (Lipinski definition) is 6. The minimum Gasteiger partial charge on any atom is -0.458 e. The van der Waals surface area contributed by atoms with E-state index in [2.05, 4.69) is 18.0 Å². The van der Waals surface area contributed by atoms with E-state index in [1.54, 1.807) is 24.3 Å². The van der Waals surface area contributed by atoms with Gasteiger partial charge in [0.2, 0.25) is 0 Å². The lowest BCUT2D eigenvalue weighted by Crippen LogP contribution is -2.57. The van der Waals surface area contributed by atoms with Crippen molar-refractivity contribution in [3.05, 3.63) is 24.3 Å². The first-order valence-electron chi connectivity index (χ1n) is 10.0. The summed E-state index contributed by atoms with van der Waals surface area (Å²) in [4.78, 5) is 13.5. The Morgan fingerprint density at radius 2 is 1.61 bits per heavy atom. The number of esters is 1.